The molecule has 0 radical (unpaired) electrons. The molecule has 3 amide bonds. The lowest BCUT2D eigenvalue weighted by molar-refractivity contribution is -0.114. The third kappa shape index (κ3) is 7.26. The summed E-state index contributed by atoms with van der Waals surface area (Å²) in [6.07, 6.45) is 0.968. The molecule has 0 unspecified atom stereocenters. The molecular formula is C19H22N4O5S. The molecule has 4 N–H and O–H groups in total. The molecule has 0 bridgehead atoms. The predicted octanol–water partition coefficient (Wildman–Crippen LogP) is 1.18. The average molecular weight is 418 g/mol. The van der Waals surface area contributed by atoms with Crippen LogP contribution in [0.1, 0.15) is 27.6 Å². The lowest BCUT2D eigenvalue weighted by Crippen LogP contribution is -2.35. The first-order chi connectivity index (χ1) is 13.7. The van der Waals surface area contributed by atoms with Crippen molar-refractivity contribution in [2.24, 2.45) is 0 Å². The molecular weight excluding hydrogens is 396 g/mol. The molecule has 0 aliphatic carbocycles. The number of carbonyl (C=O) groups is 3. The van der Waals surface area contributed by atoms with E-state index < -0.39 is 15.9 Å². The van der Waals surface area contributed by atoms with Gasteiger partial charge in [-0.15, -0.1) is 0 Å². The number of carbonyl (C=O) groups excluding carboxylic acids is 3. The van der Waals surface area contributed by atoms with Crippen LogP contribution in [-0.2, 0) is 14.8 Å². The molecule has 0 atom stereocenters. The van der Waals surface area contributed by atoms with Crippen molar-refractivity contribution in [3.8, 4) is 0 Å². The Labute approximate surface area is 168 Å². The number of nitrogens with one attached hydrogen (secondary N) is 4. The molecule has 10 heteroatoms. The van der Waals surface area contributed by atoms with Gasteiger partial charge < -0.3 is 16.0 Å². The van der Waals surface area contributed by atoms with E-state index in [1.807, 2.05) is 0 Å². The Morgan fingerprint density at radius 3 is 2.10 bits per heavy atom. The number of hydrogen-bond donors (Lipinski definition) is 4. The van der Waals surface area contributed by atoms with Crippen LogP contribution in [0.3, 0.4) is 0 Å². The topological polar surface area (TPSA) is 133 Å². The molecule has 0 saturated carbocycles. The third-order valence-electron chi connectivity index (χ3n) is 3.61. The van der Waals surface area contributed by atoms with Crippen molar-refractivity contribution in [1.82, 2.24) is 10.6 Å². The van der Waals surface area contributed by atoms with Crippen LogP contribution in [0, 0.1) is 0 Å². The molecule has 0 fully saturated rings. The van der Waals surface area contributed by atoms with Crippen LogP contribution in [0.25, 0.3) is 0 Å². The standard InChI is InChI=1S/C19H22N4O5S/c1-13(24)22-15-8-9-17(23-29(2,27)28)16(12-15)19(26)21-11-10-20-18(25)14-6-4-3-5-7-14/h3-9,12,23H,10-11H2,1-2H3,(H,20,25)(H,21,26)(H,22,24). The summed E-state index contributed by atoms with van der Waals surface area (Å²) in [5.41, 5.74) is 0.962. The van der Waals surface area contributed by atoms with Crippen LogP contribution in [-0.4, -0.2) is 45.5 Å². The van der Waals surface area contributed by atoms with Gasteiger partial charge in [0.25, 0.3) is 11.8 Å². The summed E-state index contributed by atoms with van der Waals surface area (Å²) in [5.74, 6) is -1.16. The fourth-order valence-corrected chi connectivity index (χ4v) is 3.02. The molecule has 2 rings (SSSR count). The molecule has 0 aromatic heterocycles. The molecule has 2 aromatic carbocycles. The first-order valence-corrected chi connectivity index (χ1v) is 10.6. The molecule has 0 aliphatic rings. The summed E-state index contributed by atoms with van der Waals surface area (Å²) in [7, 11) is -3.61. The van der Waals surface area contributed by atoms with Gasteiger partial charge in [0.05, 0.1) is 17.5 Å². The van der Waals surface area contributed by atoms with E-state index in [0.717, 1.165) is 6.26 Å². The van der Waals surface area contributed by atoms with Gasteiger partial charge in [-0.1, -0.05) is 18.2 Å². The molecule has 9 nitrogen and oxygen atoms in total. The summed E-state index contributed by atoms with van der Waals surface area (Å²) < 4.78 is 25.4. The van der Waals surface area contributed by atoms with Crippen molar-refractivity contribution in [3.05, 3.63) is 59.7 Å². The second-order valence-corrected chi connectivity index (χ2v) is 7.94. The first-order valence-electron chi connectivity index (χ1n) is 8.66. The Hall–Kier alpha value is -3.40. The lowest BCUT2D eigenvalue weighted by Gasteiger charge is -2.13. The number of benzene rings is 2. The maximum atomic E-state index is 12.5. The Morgan fingerprint density at radius 2 is 1.52 bits per heavy atom. The van der Waals surface area contributed by atoms with Gasteiger partial charge in [-0.05, 0) is 30.3 Å². The number of rotatable bonds is 8. The summed E-state index contributed by atoms with van der Waals surface area (Å²) in [4.78, 5) is 35.7. The number of hydrogen-bond acceptors (Lipinski definition) is 5. The second-order valence-electron chi connectivity index (χ2n) is 6.19. The van der Waals surface area contributed by atoms with E-state index in [2.05, 4.69) is 20.7 Å². The molecule has 0 heterocycles. The predicted molar refractivity (Wildman–Crippen MR) is 110 cm³/mol. The minimum absolute atomic E-state index is 0.0380. The summed E-state index contributed by atoms with van der Waals surface area (Å²) in [6, 6.07) is 12.9. The minimum atomic E-state index is -3.61. The van der Waals surface area contributed by atoms with Crippen molar-refractivity contribution in [2.45, 2.75) is 6.92 Å². The van der Waals surface area contributed by atoms with E-state index in [9.17, 15) is 22.8 Å². The van der Waals surface area contributed by atoms with Gasteiger partial charge in [-0.25, -0.2) is 8.42 Å². The minimum Gasteiger partial charge on any atom is -0.350 e. The average Bonchev–Trinajstić information content (AvgIpc) is 2.65. The zero-order valence-corrected chi connectivity index (χ0v) is 16.8. The van der Waals surface area contributed by atoms with Gasteiger partial charge in [-0.3, -0.25) is 19.1 Å². The highest BCUT2D eigenvalue weighted by molar-refractivity contribution is 7.92. The fourth-order valence-electron chi connectivity index (χ4n) is 2.44. The summed E-state index contributed by atoms with van der Waals surface area (Å²) in [6.45, 7) is 1.62. The van der Waals surface area contributed by atoms with Crippen molar-refractivity contribution in [2.75, 3.05) is 29.4 Å². The Kier molecular flexibility index (Phi) is 7.32. The molecule has 154 valence electrons. The van der Waals surface area contributed by atoms with Crippen LogP contribution in [0.15, 0.2) is 48.5 Å². The van der Waals surface area contributed by atoms with Crippen molar-refractivity contribution in [3.63, 3.8) is 0 Å². The maximum Gasteiger partial charge on any atom is 0.253 e. The monoisotopic (exact) mass is 418 g/mol. The molecule has 29 heavy (non-hydrogen) atoms. The molecule has 0 spiro atoms. The number of anilines is 2. The Balaban J connectivity index is 2.03. The van der Waals surface area contributed by atoms with E-state index in [0.29, 0.717) is 11.3 Å². The van der Waals surface area contributed by atoms with Gasteiger partial charge in [-0.2, -0.15) is 0 Å². The normalized spacial score (nSPS) is 10.7. The largest absolute Gasteiger partial charge is 0.350 e. The van der Waals surface area contributed by atoms with Crippen LogP contribution in [0.5, 0.6) is 0 Å². The van der Waals surface area contributed by atoms with E-state index in [-0.39, 0.29) is 36.2 Å². The fraction of sp³-hybridized carbons (Fsp3) is 0.211. The zero-order chi connectivity index (χ0) is 21.4. The molecule has 0 aliphatic heterocycles. The van der Waals surface area contributed by atoms with Crippen LogP contribution < -0.4 is 20.7 Å². The number of sulfonamides is 1. The van der Waals surface area contributed by atoms with Crippen molar-refractivity contribution < 1.29 is 22.8 Å². The van der Waals surface area contributed by atoms with Crippen LogP contribution in [0.4, 0.5) is 11.4 Å². The van der Waals surface area contributed by atoms with E-state index in [1.165, 1.54) is 25.1 Å². The quantitative estimate of drug-likeness (QED) is 0.478. The SMILES string of the molecule is CC(=O)Nc1ccc(NS(C)(=O)=O)c(C(=O)NCCNC(=O)c2ccccc2)c1. The van der Waals surface area contributed by atoms with Gasteiger partial charge in [0.2, 0.25) is 15.9 Å². The maximum absolute atomic E-state index is 12.5. The smallest absolute Gasteiger partial charge is 0.253 e. The second kappa shape index (κ2) is 9.69. The first kappa shape index (κ1) is 21.9. The zero-order valence-electron chi connectivity index (χ0n) is 16.0. The van der Waals surface area contributed by atoms with E-state index >= 15 is 0 Å². The summed E-state index contributed by atoms with van der Waals surface area (Å²) >= 11 is 0. The van der Waals surface area contributed by atoms with Gasteiger partial charge in [0.15, 0.2) is 0 Å². The summed E-state index contributed by atoms with van der Waals surface area (Å²) in [5, 5.41) is 7.82. The van der Waals surface area contributed by atoms with Crippen LogP contribution >= 0.6 is 0 Å². The highest BCUT2D eigenvalue weighted by Gasteiger charge is 2.15. The van der Waals surface area contributed by atoms with E-state index in [4.69, 9.17) is 0 Å². The van der Waals surface area contributed by atoms with Crippen molar-refractivity contribution >= 4 is 39.1 Å². The third-order valence-corrected chi connectivity index (χ3v) is 4.20. The number of amides is 3. The molecule has 0 saturated heterocycles. The van der Waals surface area contributed by atoms with Gasteiger partial charge >= 0.3 is 0 Å². The Bertz CT molecular complexity index is 1010. The highest BCUT2D eigenvalue weighted by atomic mass is 32.2. The highest BCUT2D eigenvalue weighted by Crippen LogP contribution is 2.21. The van der Waals surface area contributed by atoms with Gasteiger partial charge in [0.1, 0.15) is 0 Å². The van der Waals surface area contributed by atoms with E-state index in [1.54, 1.807) is 30.3 Å². The van der Waals surface area contributed by atoms with Gasteiger partial charge in [0, 0.05) is 31.3 Å². The lowest BCUT2D eigenvalue weighted by atomic mass is 10.1. The molecule has 2 aromatic rings. The van der Waals surface area contributed by atoms with Crippen LogP contribution in [0.2, 0.25) is 0 Å². The Morgan fingerprint density at radius 1 is 0.897 bits per heavy atom. The van der Waals surface area contributed by atoms with Crippen molar-refractivity contribution in [1.29, 1.82) is 0 Å².